The van der Waals surface area contributed by atoms with Gasteiger partial charge < -0.3 is 10.1 Å². The molecule has 0 aliphatic heterocycles. The third-order valence-electron chi connectivity index (χ3n) is 3.05. The van der Waals surface area contributed by atoms with Gasteiger partial charge in [0.05, 0.1) is 6.61 Å². The van der Waals surface area contributed by atoms with Crippen LogP contribution in [-0.4, -0.2) is 17.5 Å². The third kappa shape index (κ3) is 5.65. The van der Waals surface area contributed by atoms with Gasteiger partial charge in [0.25, 0.3) is 0 Å². The molecular weight excluding hydrogens is 264 g/mol. The topological polar surface area (TPSA) is 51.2 Å². The number of aromatic nitrogens is 1. The number of benzene rings is 1. The number of carbonyl (C=O) groups excluding carboxylic acids is 1. The average molecular weight is 284 g/mol. The normalized spacial score (nSPS) is 10.1. The first kappa shape index (κ1) is 15.0. The number of nitrogens with zero attached hydrogens (tertiary/aromatic N) is 1. The second-order valence-electron chi connectivity index (χ2n) is 4.90. The van der Waals surface area contributed by atoms with Gasteiger partial charge in [-0.1, -0.05) is 23.8 Å². The summed E-state index contributed by atoms with van der Waals surface area (Å²) in [5.74, 6) is 0.878. The van der Waals surface area contributed by atoms with Crippen molar-refractivity contribution in [1.82, 2.24) is 10.3 Å². The van der Waals surface area contributed by atoms with Crippen molar-refractivity contribution in [1.29, 1.82) is 0 Å². The molecule has 4 heteroatoms. The zero-order chi connectivity index (χ0) is 14.9. The second kappa shape index (κ2) is 8.04. The fourth-order valence-electron chi connectivity index (χ4n) is 1.85. The van der Waals surface area contributed by atoms with Crippen molar-refractivity contribution in [3.63, 3.8) is 0 Å². The maximum atomic E-state index is 11.7. The maximum Gasteiger partial charge on any atom is 0.220 e. The number of nitrogens with one attached hydrogen (secondary N) is 1. The van der Waals surface area contributed by atoms with Crippen molar-refractivity contribution in [2.24, 2.45) is 0 Å². The number of hydrogen-bond donors (Lipinski definition) is 1. The first-order valence-corrected chi connectivity index (χ1v) is 7.09. The second-order valence-corrected chi connectivity index (χ2v) is 4.90. The van der Waals surface area contributed by atoms with Crippen molar-refractivity contribution in [2.45, 2.75) is 26.3 Å². The van der Waals surface area contributed by atoms with Crippen molar-refractivity contribution < 1.29 is 9.53 Å². The molecule has 2 aromatic rings. The summed E-state index contributed by atoms with van der Waals surface area (Å²) >= 11 is 0. The molecule has 0 atom stereocenters. The van der Waals surface area contributed by atoms with Gasteiger partial charge in [0.15, 0.2) is 0 Å². The molecule has 2 rings (SSSR count). The predicted molar refractivity (Wildman–Crippen MR) is 82.0 cm³/mol. The Bertz CT molecular complexity index is 553. The van der Waals surface area contributed by atoms with Gasteiger partial charge in [0.1, 0.15) is 5.75 Å². The van der Waals surface area contributed by atoms with Gasteiger partial charge >= 0.3 is 0 Å². The summed E-state index contributed by atoms with van der Waals surface area (Å²) in [5, 5.41) is 2.87. The number of ether oxygens (including phenoxy) is 1. The summed E-state index contributed by atoms with van der Waals surface area (Å²) in [4.78, 5) is 15.7. The molecule has 0 aliphatic rings. The predicted octanol–water partition coefficient (Wildman–Crippen LogP) is 2.87. The summed E-state index contributed by atoms with van der Waals surface area (Å²) in [6.07, 6.45) is 4.63. The number of pyridine rings is 1. The van der Waals surface area contributed by atoms with Crippen LogP contribution in [-0.2, 0) is 11.3 Å². The van der Waals surface area contributed by atoms with E-state index in [0.717, 1.165) is 11.3 Å². The molecule has 0 bridgehead atoms. The maximum absolute atomic E-state index is 11.7. The van der Waals surface area contributed by atoms with Gasteiger partial charge in [-0.2, -0.15) is 0 Å². The van der Waals surface area contributed by atoms with E-state index < -0.39 is 0 Å². The fraction of sp³-hybridized carbons (Fsp3) is 0.294. The molecule has 0 fully saturated rings. The van der Waals surface area contributed by atoms with E-state index in [4.69, 9.17) is 4.74 Å². The van der Waals surface area contributed by atoms with Gasteiger partial charge in [-0.3, -0.25) is 9.78 Å². The Morgan fingerprint density at radius 3 is 2.76 bits per heavy atom. The SMILES string of the molecule is Cc1ccc(OCCCC(=O)NCc2cccnc2)cc1. The highest BCUT2D eigenvalue weighted by Crippen LogP contribution is 2.11. The lowest BCUT2D eigenvalue weighted by Crippen LogP contribution is -2.23. The van der Waals surface area contributed by atoms with Crippen LogP contribution in [0.15, 0.2) is 48.8 Å². The lowest BCUT2D eigenvalue weighted by molar-refractivity contribution is -0.121. The Morgan fingerprint density at radius 1 is 1.24 bits per heavy atom. The largest absolute Gasteiger partial charge is 0.494 e. The van der Waals surface area contributed by atoms with Crippen LogP contribution in [0, 0.1) is 6.92 Å². The number of aryl methyl sites for hydroxylation is 1. The summed E-state index contributed by atoms with van der Waals surface area (Å²) in [6.45, 7) is 3.10. The standard InChI is InChI=1S/C17H20N2O2/c1-14-6-8-16(9-7-14)21-11-3-5-17(20)19-13-15-4-2-10-18-12-15/h2,4,6-10,12H,3,5,11,13H2,1H3,(H,19,20). The van der Waals surface area contributed by atoms with Crippen LogP contribution >= 0.6 is 0 Å². The summed E-state index contributed by atoms with van der Waals surface area (Å²) in [6, 6.07) is 11.7. The minimum absolute atomic E-state index is 0.0337. The van der Waals surface area contributed by atoms with Crippen LogP contribution in [0.4, 0.5) is 0 Å². The lowest BCUT2D eigenvalue weighted by Gasteiger charge is -2.07. The number of rotatable bonds is 7. The van der Waals surface area contributed by atoms with E-state index in [1.165, 1.54) is 5.56 Å². The van der Waals surface area contributed by atoms with E-state index in [-0.39, 0.29) is 5.91 Å². The Hall–Kier alpha value is -2.36. The van der Waals surface area contributed by atoms with E-state index in [1.54, 1.807) is 12.4 Å². The Kier molecular flexibility index (Phi) is 5.76. The van der Waals surface area contributed by atoms with Gasteiger partial charge in [-0.15, -0.1) is 0 Å². The van der Waals surface area contributed by atoms with Crippen molar-refractivity contribution >= 4 is 5.91 Å². The molecule has 1 heterocycles. The molecule has 4 nitrogen and oxygen atoms in total. The molecule has 1 N–H and O–H groups in total. The van der Waals surface area contributed by atoms with Gasteiger partial charge in [-0.25, -0.2) is 0 Å². The number of amides is 1. The van der Waals surface area contributed by atoms with Crippen LogP contribution in [0.3, 0.4) is 0 Å². The van der Waals surface area contributed by atoms with Crippen LogP contribution in [0.5, 0.6) is 5.75 Å². The van der Waals surface area contributed by atoms with Crippen molar-refractivity contribution in [3.8, 4) is 5.75 Å². The minimum Gasteiger partial charge on any atom is -0.494 e. The highest BCUT2D eigenvalue weighted by Gasteiger charge is 2.02. The Balaban J connectivity index is 1.60. The van der Waals surface area contributed by atoms with Crippen LogP contribution < -0.4 is 10.1 Å². The summed E-state index contributed by atoms with van der Waals surface area (Å²) < 4.78 is 5.58. The lowest BCUT2D eigenvalue weighted by atomic mass is 10.2. The van der Waals surface area contributed by atoms with Gasteiger partial charge in [0, 0.05) is 25.4 Å². The average Bonchev–Trinajstić information content (AvgIpc) is 2.52. The zero-order valence-electron chi connectivity index (χ0n) is 12.2. The molecule has 1 aromatic heterocycles. The van der Waals surface area contributed by atoms with Crippen molar-refractivity contribution in [2.75, 3.05) is 6.61 Å². The Labute approximate surface area is 125 Å². The monoisotopic (exact) mass is 284 g/mol. The minimum atomic E-state index is 0.0337. The number of carbonyl (C=O) groups is 1. The molecule has 110 valence electrons. The highest BCUT2D eigenvalue weighted by molar-refractivity contribution is 5.75. The van der Waals surface area contributed by atoms with E-state index >= 15 is 0 Å². The molecule has 1 amide bonds. The summed E-state index contributed by atoms with van der Waals surface area (Å²) in [7, 11) is 0. The first-order valence-electron chi connectivity index (χ1n) is 7.09. The molecule has 0 unspecified atom stereocenters. The quantitative estimate of drug-likeness (QED) is 0.795. The smallest absolute Gasteiger partial charge is 0.220 e. The van der Waals surface area contributed by atoms with E-state index in [9.17, 15) is 4.79 Å². The molecule has 0 saturated heterocycles. The molecular formula is C17H20N2O2. The van der Waals surface area contributed by atoms with Gasteiger partial charge in [-0.05, 0) is 37.1 Å². The van der Waals surface area contributed by atoms with Crippen LogP contribution in [0.2, 0.25) is 0 Å². The zero-order valence-corrected chi connectivity index (χ0v) is 12.2. The summed E-state index contributed by atoms with van der Waals surface area (Å²) in [5.41, 5.74) is 2.21. The third-order valence-corrected chi connectivity index (χ3v) is 3.05. The fourth-order valence-corrected chi connectivity index (χ4v) is 1.85. The van der Waals surface area contributed by atoms with Crippen LogP contribution in [0.1, 0.15) is 24.0 Å². The molecule has 21 heavy (non-hydrogen) atoms. The van der Waals surface area contributed by atoms with E-state index in [1.807, 2.05) is 43.3 Å². The first-order chi connectivity index (χ1) is 10.2. The Morgan fingerprint density at radius 2 is 2.05 bits per heavy atom. The van der Waals surface area contributed by atoms with Gasteiger partial charge in [0.2, 0.25) is 5.91 Å². The van der Waals surface area contributed by atoms with Crippen molar-refractivity contribution in [3.05, 3.63) is 59.9 Å². The molecule has 1 aromatic carbocycles. The van der Waals surface area contributed by atoms with Crippen LogP contribution in [0.25, 0.3) is 0 Å². The van der Waals surface area contributed by atoms with E-state index in [2.05, 4.69) is 10.3 Å². The molecule has 0 spiro atoms. The molecule has 0 aliphatic carbocycles. The van der Waals surface area contributed by atoms with E-state index in [0.29, 0.717) is 26.0 Å². The number of hydrogen-bond acceptors (Lipinski definition) is 3. The molecule has 0 radical (unpaired) electrons. The highest BCUT2D eigenvalue weighted by atomic mass is 16.5. The molecule has 0 saturated carbocycles.